The third-order valence-corrected chi connectivity index (χ3v) is 3.48. The summed E-state index contributed by atoms with van der Waals surface area (Å²) in [5, 5.41) is 0. The van der Waals surface area contributed by atoms with E-state index in [9.17, 15) is 0 Å². The number of ether oxygens (including phenoxy) is 1. The van der Waals surface area contributed by atoms with Crippen molar-refractivity contribution in [3.8, 4) is 0 Å². The van der Waals surface area contributed by atoms with Crippen LogP contribution < -0.4 is 5.73 Å². The standard InChI is InChI=1S/C16H29N3O/c1-5-15(17)16(14-7-6-8-18-11-14)19(9-10-20-4)12-13(2)3/h6-8,11,13,15-16H,5,9-10,12,17H2,1-4H3. The van der Waals surface area contributed by atoms with Gasteiger partial charge in [0.25, 0.3) is 0 Å². The Balaban J connectivity index is 2.97. The van der Waals surface area contributed by atoms with Gasteiger partial charge in [-0.15, -0.1) is 0 Å². The Bertz CT molecular complexity index is 356. The molecular weight excluding hydrogens is 250 g/mol. The summed E-state index contributed by atoms with van der Waals surface area (Å²) < 4.78 is 5.26. The van der Waals surface area contributed by atoms with Crippen LogP contribution in [0.25, 0.3) is 0 Å². The first-order valence-corrected chi connectivity index (χ1v) is 7.48. The second-order valence-electron chi connectivity index (χ2n) is 5.68. The molecule has 0 saturated heterocycles. The van der Waals surface area contributed by atoms with Gasteiger partial charge in [-0.2, -0.15) is 0 Å². The molecule has 1 aromatic rings. The number of rotatable bonds is 9. The van der Waals surface area contributed by atoms with E-state index in [1.54, 1.807) is 13.3 Å². The van der Waals surface area contributed by atoms with E-state index >= 15 is 0 Å². The molecule has 114 valence electrons. The zero-order valence-corrected chi connectivity index (χ0v) is 13.2. The van der Waals surface area contributed by atoms with Crippen LogP contribution >= 0.6 is 0 Å². The van der Waals surface area contributed by atoms with Crippen LogP contribution in [0.4, 0.5) is 0 Å². The minimum atomic E-state index is 0.106. The van der Waals surface area contributed by atoms with Gasteiger partial charge < -0.3 is 10.5 Å². The van der Waals surface area contributed by atoms with Gasteiger partial charge in [0.15, 0.2) is 0 Å². The van der Waals surface area contributed by atoms with Gasteiger partial charge >= 0.3 is 0 Å². The van der Waals surface area contributed by atoms with E-state index in [1.807, 2.05) is 12.3 Å². The summed E-state index contributed by atoms with van der Waals surface area (Å²) in [6, 6.07) is 4.41. The molecule has 4 nitrogen and oxygen atoms in total. The largest absolute Gasteiger partial charge is 0.383 e. The van der Waals surface area contributed by atoms with E-state index in [0.717, 1.165) is 26.1 Å². The average molecular weight is 279 g/mol. The third kappa shape index (κ3) is 5.19. The van der Waals surface area contributed by atoms with Crippen molar-refractivity contribution in [2.24, 2.45) is 11.7 Å². The summed E-state index contributed by atoms with van der Waals surface area (Å²) >= 11 is 0. The van der Waals surface area contributed by atoms with Gasteiger partial charge in [0.2, 0.25) is 0 Å². The summed E-state index contributed by atoms with van der Waals surface area (Å²) in [5.41, 5.74) is 7.58. The SMILES string of the molecule is CCC(N)C(c1cccnc1)N(CCOC)CC(C)C. The number of nitrogens with two attached hydrogens (primary N) is 1. The van der Waals surface area contributed by atoms with Crippen molar-refractivity contribution in [2.45, 2.75) is 39.3 Å². The molecule has 1 heterocycles. The second-order valence-corrected chi connectivity index (χ2v) is 5.68. The maximum absolute atomic E-state index is 6.39. The Morgan fingerprint density at radius 3 is 2.65 bits per heavy atom. The molecule has 1 aromatic heterocycles. The summed E-state index contributed by atoms with van der Waals surface area (Å²) in [6.45, 7) is 9.23. The normalized spacial score (nSPS) is 14.8. The van der Waals surface area contributed by atoms with E-state index in [-0.39, 0.29) is 12.1 Å². The molecule has 0 aliphatic carbocycles. The minimum Gasteiger partial charge on any atom is -0.383 e. The van der Waals surface area contributed by atoms with Gasteiger partial charge in [-0.1, -0.05) is 26.8 Å². The summed E-state index contributed by atoms with van der Waals surface area (Å²) in [5.74, 6) is 0.593. The first kappa shape index (κ1) is 17.1. The molecular formula is C16H29N3O. The van der Waals surface area contributed by atoms with Gasteiger partial charge in [-0.25, -0.2) is 0 Å². The lowest BCUT2D eigenvalue weighted by molar-refractivity contribution is 0.0974. The van der Waals surface area contributed by atoms with Gasteiger partial charge in [0, 0.05) is 38.6 Å². The molecule has 0 fully saturated rings. The Hall–Kier alpha value is -0.970. The molecule has 1 rings (SSSR count). The average Bonchev–Trinajstić information content (AvgIpc) is 2.45. The van der Waals surface area contributed by atoms with E-state index in [0.29, 0.717) is 5.92 Å². The molecule has 0 aliphatic rings. The van der Waals surface area contributed by atoms with Crippen LogP contribution in [-0.2, 0) is 4.74 Å². The molecule has 2 atom stereocenters. The highest BCUT2D eigenvalue weighted by atomic mass is 16.5. The van der Waals surface area contributed by atoms with E-state index in [2.05, 4.69) is 36.7 Å². The fourth-order valence-corrected chi connectivity index (χ4v) is 2.52. The lowest BCUT2D eigenvalue weighted by Crippen LogP contribution is -2.43. The van der Waals surface area contributed by atoms with Crippen LogP contribution in [0, 0.1) is 5.92 Å². The number of methoxy groups -OCH3 is 1. The van der Waals surface area contributed by atoms with E-state index in [1.165, 1.54) is 5.56 Å². The zero-order chi connectivity index (χ0) is 15.0. The Kier molecular flexibility index (Phi) is 7.73. The van der Waals surface area contributed by atoms with Crippen LogP contribution in [0.2, 0.25) is 0 Å². The van der Waals surface area contributed by atoms with Crippen molar-refractivity contribution >= 4 is 0 Å². The van der Waals surface area contributed by atoms with E-state index < -0.39 is 0 Å². The molecule has 0 aliphatic heterocycles. The molecule has 4 heteroatoms. The second kappa shape index (κ2) is 9.06. The Morgan fingerprint density at radius 1 is 1.40 bits per heavy atom. The molecule has 0 amide bonds. The quantitative estimate of drug-likeness (QED) is 0.754. The number of aromatic nitrogens is 1. The Labute approximate surface area is 123 Å². The van der Waals surface area contributed by atoms with Crippen LogP contribution in [0.3, 0.4) is 0 Å². The van der Waals surface area contributed by atoms with Crippen LogP contribution in [0.5, 0.6) is 0 Å². The molecule has 20 heavy (non-hydrogen) atoms. The first-order valence-electron chi connectivity index (χ1n) is 7.48. The summed E-state index contributed by atoms with van der Waals surface area (Å²) in [7, 11) is 1.74. The molecule has 0 radical (unpaired) electrons. The van der Waals surface area contributed by atoms with Crippen LogP contribution in [0.1, 0.15) is 38.8 Å². The van der Waals surface area contributed by atoms with Crippen LogP contribution in [0.15, 0.2) is 24.5 Å². The van der Waals surface area contributed by atoms with Crippen molar-refractivity contribution in [1.82, 2.24) is 9.88 Å². The highest BCUT2D eigenvalue weighted by Gasteiger charge is 2.26. The molecule has 0 spiro atoms. The monoisotopic (exact) mass is 279 g/mol. The molecule has 0 aromatic carbocycles. The fourth-order valence-electron chi connectivity index (χ4n) is 2.52. The molecule has 2 N–H and O–H groups in total. The topological polar surface area (TPSA) is 51.4 Å². The van der Waals surface area contributed by atoms with Crippen molar-refractivity contribution in [3.05, 3.63) is 30.1 Å². The lowest BCUT2D eigenvalue weighted by Gasteiger charge is -2.36. The number of hydrogen-bond donors (Lipinski definition) is 1. The van der Waals surface area contributed by atoms with Gasteiger partial charge in [0.1, 0.15) is 0 Å². The molecule has 0 bridgehead atoms. The van der Waals surface area contributed by atoms with E-state index in [4.69, 9.17) is 10.5 Å². The number of hydrogen-bond acceptors (Lipinski definition) is 4. The highest BCUT2D eigenvalue weighted by Crippen LogP contribution is 2.25. The maximum atomic E-state index is 6.39. The fraction of sp³-hybridized carbons (Fsp3) is 0.688. The van der Waals surface area contributed by atoms with Gasteiger partial charge in [0.05, 0.1) is 12.6 Å². The minimum absolute atomic E-state index is 0.106. The van der Waals surface area contributed by atoms with Crippen molar-refractivity contribution < 1.29 is 4.74 Å². The molecule has 2 unspecified atom stereocenters. The third-order valence-electron chi connectivity index (χ3n) is 3.48. The summed E-state index contributed by atoms with van der Waals surface area (Å²) in [6.07, 6.45) is 4.68. The number of pyridine rings is 1. The Morgan fingerprint density at radius 2 is 2.15 bits per heavy atom. The zero-order valence-electron chi connectivity index (χ0n) is 13.2. The molecule has 0 saturated carbocycles. The van der Waals surface area contributed by atoms with Crippen molar-refractivity contribution in [1.29, 1.82) is 0 Å². The van der Waals surface area contributed by atoms with Crippen molar-refractivity contribution in [3.63, 3.8) is 0 Å². The van der Waals surface area contributed by atoms with Gasteiger partial charge in [-0.05, 0) is 24.0 Å². The predicted octanol–water partition coefficient (Wildman–Crippen LogP) is 2.46. The number of nitrogens with zero attached hydrogens (tertiary/aromatic N) is 2. The lowest BCUT2D eigenvalue weighted by atomic mass is 9.96. The maximum Gasteiger partial charge on any atom is 0.0589 e. The summed E-state index contributed by atoms with van der Waals surface area (Å²) in [4.78, 5) is 6.68. The first-order chi connectivity index (χ1) is 9.60. The smallest absolute Gasteiger partial charge is 0.0589 e. The highest BCUT2D eigenvalue weighted by molar-refractivity contribution is 5.16. The predicted molar refractivity (Wildman–Crippen MR) is 83.5 cm³/mol. The van der Waals surface area contributed by atoms with Gasteiger partial charge in [-0.3, -0.25) is 9.88 Å². The van der Waals surface area contributed by atoms with Crippen LogP contribution in [-0.4, -0.2) is 42.7 Å². The van der Waals surface area contributed by atoms with Crippen molar-refractivity contribution in [2.75, 3.05) is 26.8 Å².